The summed E-state index contributed by atoms with van der Waals surface area (Å²) >= 11 is 0. The first-order valence-electron chi connectivity index (χ1n) is 8.80. The summed E-state index contributed by atoms with van der Waals surface area (Å²) in [4.78, 5) is 6.57. The van der Waals surface area contributed by atoms with E-state index in [2.05, 4.69) is 25.2 Å². The maximum atomic E-state index is 5.83. The zero-order chi connectivity index (χ0) is 17.8. The lowest BCUT2D eigenvalue weighted by Crippen LogP contribution is -2.22. The van der Waals surface area contributed by atoms with Crippen LogP contribution in [0.5, 0.6) is 5.88 Å². The molecule has 0 saturated carbocycles. The summed E-state index contributed by atoms with van der Waals surface area (Å²) in [5.41, 5.74) is 1.90. The van der Waals surface area contributed by atoms with E-state index < -0.39 is 0 Å². The monoisotopic (exact) mass is 351 g/mol. The van der Waals surface area contributed by atoms with E-state index >= 15 is 0 Å². The summed E-state index contributed by atoms with van der Waals surface area (Å²) in [5, 5.41) is 12.3. The molecular formula is C19H21N5O2. The molecule has 26 heavy (non-hydrogen) atoms. The molecule has 1 fully saturated rings. The zero-order valence-corrected chi connectivity index (χ0v) is 14.7. The molecule has 1 aliphatic rings. The first kappa shape index (κ1) is 16.7. The second kappa shape index (κ2) is 7.61. The van der Waals surface area contributed by atoms with Crippen LogP contribution in [0, 0.1) is 12.8 Å². The first-order valence-corrected chi connectivity index (χ1v) is 8.80. The number of rotatable bonds is 6. The van der Waals surface area contributed by atoms with Crippen LogP contribution in [0.1, 0.15) is 18.1 Å². The molecule has 1 unspecified atom stereocenters. The van der Waals surface area contributed by atoms with Crippen LogP contribution >= 0.6 is 0 Å². The molecule has 3 heterocycles. The number of hydrogen-bond acceptors (Lipinski definition) is 7. The lowest BCUT2D eigenvalue weighted by molar-refractivity contribution is 0.219. The molecule has 7 nitrogen and oxygen atoms in total. The second-order valence-electron chi connectivity index (χ2n) is 6.56. The Balaban J connectivity index is 1.27. The van der Waals surface area contributed by atoms with Gasteiger partial charge in [-0.1, -0.05) is 35.5 Å². The van der Waals surface area contributed by atoms with Crippen molar-refractivity contribution in [3.05, 3.63) is 54.2 Å². The van der Waals surface area contributed by atoms with Crippen molar-refractivity contribution >= 4 is 0 Å². The summed E-state index contributed by atoms with van der Waals surface area (Å²) in [5.74, 6) is 2.38. The molecule has 0 amide bonds. The van der Waals surface area contributed by atoms with Crippen LogP contribution in [0.2, 0.25) is 0 Å². The number of benzene rings is 1. The Bertz CT molecular complexity index is 835. The Morgan fingerprint density at radius 3 is 2.77 bits per heavy atom. The van der Waals surface area contributed by atoms with Crippen molar-refractivity contribution in [2.24, 2.45) is 5.92 Å². The van der Waals surface area contributed by atoms with Crippen LogP contribution in [-0.4, -0.2) is 44.9 Å². The first-order chi connectivity index (χ1) is 12.8. The van der Waals surface area contributed by atoms with Crippen LogP contribution in [0.25, 0.3) is 11.3 Å². The van der Waals surface area contributed by atoms with E-state index in [1.165, 1.54) is 0 Å². The van der Waals surface area contributed by atoms with Crippen molar-refractivity contribution in [1.29, 1.82) is 0 Å². The van der Waals surface area contributed by atoms with Crippen LogP contribution in [0.3, 0.4) is 0 Å². The second-order valence-corrected chi connectivity index (χ2v) is 6.56. The molecule has 4 rings (SSSR count). The highest BCUT2D eigenvalue weighted by Gasteiger charge is 2.24. The van der Waals surface area contributed by atoms with Crippen LogP contribution < -0.4 is 4.74 Å². The van der Waals surface area contributed by atoms with E-state index in [1.807, 2.05) is 49.4 Å². The number of nitrogens with zero attached hydrogens (tertiary/aromatic N) is 5. The Hall–Kier alpha value is -2.80. The van der Waals surface area contributed by atoms with Gasteiger partial charge in [-0.3, -0.25) is 4.90 Å². The fourth-order valence-electron chi connectivity index (χ4n) is 3.15. The highest BCUT2D eigenvalue weighted by Crippen LogP contribution is 2.21. The van der Waals surface area contributed by atoms with Gasteiger partial charge in [0.25, 0.3) is 0 Å². The summed E-state index contributed by atoms with van der Waals surface area (Å²) < 4.78 is 11.0. The largest absolute Gasteiger partial charge is 0.476 e. The third kappa shape index (κ3) is 4.05. The summed E-state index contributed by atoms with van der Waals surface area (Å²) in [7, 11) is 0. The van der Waals surface area contributed by atoms with Crippen molar-refractivity contribution in [3.63, 3.8) is 0 Å². The molecule has 0 spiro atoms. The fraction of sp³-hybridized carbons (Fsp3) is 0.368. The molecule has 1 saturated heterocycles. The molecule has 1 atom stereocenters. The number of ether oxygens (including phenoxy) is 1. The van der Waals surface area contributed by atoms with Crippen molar-refractivity contribution in [2.75, 3.05) is 19.7 Å². The predicted molar refractivity (Wildman–Crippen MR) is 95.4 cm³/mol. The maximum Gasteiger partial charge on any atom is 0.240 e. The molecule has 1 aromatic carbocycles. The minimum absolute atomic E-state index is 0.467. The van der Waals surface area contributed by atoms with Gasteiger partial charge in [0.15, 0.2) is 5.82 Å². The average Bonchev–Trinajstić information content (AvgIpc) is 3.30. The number of aromatic nitrogens is 4. The Morgan fingerprint density at radius 2 is 2.04 bits per heavy atom. The molecule has 7 heteroatoms. The lowest BCUT2D eigenvalue weighted by atomic mass is 10.1. The van der Waals surface area contributed by atoms with Crippen molar-refractivity contribution in [1.82, 2.24) is 25.2 Å². The minimum atomic E-state index is 0.467. The van der Waals surface area contributed by atoms with E-state index in [0.29, 0.717) is 36.7 Å². The highest BCUT2D eigenvalue weighted by atomic mass is 16.5. The van der Waals surface area contributed by atoms with Gasteiger partial charge in [0.2, 0.25) is 11.8 Å². The molecule has 2 aromatic heterocycles. The zero-order valence-electron chi connectivity index (χ0n) is 14.7. The normalized spacial score (nSPS) is 17.5. The molecule has 0 N–H and O–H groups in total. The van der Waals surface area contributed by atoms with Gasteiger partial charge in [-0.2, -0.15) is 4.98 Å². The van der Waals surface area contributed by atoms with Crippen molar-refractivity contribution < 1.29 is 9.26 Å². The van der Waals surface area contributed by atoms with Crippen LogP contribution in [-0.2, 0) is 6.54 Å². The maximum absolute atomic E-state index is 5.83. The number of likely N-dealkylation sites (tertiary alicyclic amines) is 1. The Kier molecular flexibility index (Phi) is 4.88. The SMILES string of the molecule is Cc1noc(CN2CCC(COc3ccc(-c4ccccc4)nn3)C2)n1. The predicted octanol–water partition coefficient (Wildman–Crippen LogP) is 2.74. The van der Waals surface area contributed by atoms with Crippen molar-refractivity contribution in [2.45, 2.75) is 19.9 Å². The highest BCUT2D eigenvalue weighted by molar-refractivity contribution is 5.58. The molecule has 134 valence electrons. The molecule has 1 aliphatic heterocycles. The van der Waals surface area contributed by atoms with Gasteiger partial charge in [0.1, 0.15) is 0 Å². The third-order valence-corrected chi connectivity index (χ3v) is 4.48. The van der Waals surface area contributed by atoms with E-state index in [-0.39, 0.29) is 0 Å². The van der Waals surface area contributed by atoms with Crippen LogP contribution in [0.15, 0.2) is 47.0 Å². The molecular weight excluding hydrogens is 330 g/mol. The number of hydrogen-bond donors (Lipinski definition) is 0. The molecule has 3 aromatic rings. The quantitative estimate of drug-likeness (QED) is 0.676. The Labute approximate surface area is 152 Å². The lowest BCUT2D eigenvalue weighted by Gasteiger charge is -2.13. The topological polar surface area (TPSA) is 77.2 Å². The molecule has 0 aliphatic carbocycles. The fourth-order valence-corrected chi connectivity index (χ4v) is 3.15. The smallest absolute Gasteiger partial charge is 0.240 e. The third-order valence-electron chi connectivity index (χ3n) is 4.48. The standard InChI is InChI=1S/C19H21N5O2/c1-14-20-19(26-23-14)12-24-10-9-15(11-24)13-25-18-8-7-17(21-22-18)16-5-3-2-4-6-16/h2-8,15H,9-13H2,1H3. The Morgan fingerprint density at radius 1 is 1.15 bits per heavy atom. The van der Waals surface area contributed by atoms with E-state index in [1.54, 1.807) is 0 Å². The van der Waals surface area contributed by atoms with Gasteiger partial charge in [0.05, 0.1) is 18.8 Å². The van der Waals surface area contributed by atoms with E-state index in [0.717, 1.165) is 30.8 Å². The summed E-state index contributed by atoms with van der Waals surface area (Å²) in [6, 6.07) is 13.8. The van der Waals surface area contributed by atoms with Gasteiger partial charge in [-0.25, -0.2) is 0 Å². The minimum Gasteiger partial charge on any atom is -0.476 e. The van der Waals surface area contributed by atoms with Gasteiger partial charge in [0, 0.05) is 24.1 Å². The summed E-state index contributed by atoms with van der Waals surface area (Å²) in [6.07, 6.45) is 1.09. The molecule has 0 bridgehead atoms. The molecule has 0 radical (unpaired) electrons. The van der Waals surface area contributed by atoms with Gasteiger partial charge in [-0.15, -0.1) is 10.2 Å². The van der Waals surface area contributed by atoms with Crippen LogP contribution in [0.4, 0.5) is 0 Å². The number of aryl methyl sites for hydroxylation is 1. The van der Waals surface area contributed by atoms with E-state index in [9.17, 15) is 0 Å². The van der Waals surface area contributed by atoms with Gasteiger partial charge >= 0.3 is 0 Å². The summed E-state index contributed by atoms with van der Waals surface area (Å²) in [6.45, 7) is 5.13. The van der Waals surface area contributed by atoms with Gasteiger partial charge < -0.3 is 9.26 Å². The van der Waals surface area contributed by atoms with Crippen molar-refractivity contribution in [3.8, 4) is 17.1 Å². The van der Waals surface area contributed by atoms with E-state index in [4.69, 9.17) is 9.26 Å². The average molecular weight is 351 g/mol. The van der Waals surface area contributed by atoms with Gasteiger partial charge in [-0.05, 0) is 26.0 Å².